The van der Waals surface area contributed by atoms with Crippen LogP contribution in [0.15, 0.2) is 41.6 Å². The number of sulfonamides is 1. The Hall–Kier alpha value is -1.90. The summed E-state index contributed by atoms with van der Waals surface area (Å²) >= 11 is 5.60. The fourth-order valence-electron chi connectivity index (χ4n) is 1.48. The molecule has 2 aromatic rings. The van der Waals surface area contributed by atoms with E-state index in [-0.39, 0.29) is 21.4 Å². The van der Waals surface area contributed by atoms with Crippen molar-refractivity contribution in [1.82, 2.24) is 4.98 Å². The van der Waals surface area contributed by atoms with E-state index >= 15 is 0 Å². The van der Waals surface area contributed by atoms with E-state index in [2.05, 4.69) is 15.1 Å². The van der Waals surface area contributed by atoms with Crippen LogP contribution >= 0.6 is 11.6 Å². The summed E-state index contributed by atoms with van der Waals surface area (Å²) in [5.74, 6) is 4.42. The van der Waals surface area contributed by atoms with Crippen molar-refractivity contribution in [2.24, 2.45) is 5.84 Å². The molecule has 1 heterocycles. The predicted octanol–water partition coefficient (Wildman–Crippen LogP) is 1.96. The average Bonchev–Trinajstić information content (AvgIpc) is 2.42. The smallest absolute Gasteiger partial charge is 0.281 e. The number of rotatable bonds is 4. The quantitative estimate of drug-likeness (QED) is 0.592. The lowest BCUT2D eigenvalue weighted by molar-refractivity contribution is 0.595. The van der Waals surface area contributed by atoms with E-state index in [0.717, 1.165) is 6.07 Å². The van der Waals surface area contributed by atoms with Gasteiger partial charge in [0.2, 0.25) is 5.03 Å². The van der Waals surface area contributed by atoms with Gasteiger partial charge in [0.25, 0.3) is 10.0 Å². The fourth-order valence-corrected chi connectivity index (χ4v) is 2.81. The number of hydrogen-bond donors (Lipinski definition) is 3. The molecule has 1 aromatic carbocycles. The molecule has 4 N–H and O–H groups in total. The molecule has 0 saturated carbocycles. The van der Waals surface area contributed by atoms with Gasteiger partial charge in [0.1, 0.15) is 5.82 Å². The Bertz CT molecular complexity index is 739. The molecule has 0 atom stereocenters. The van der Waals surface area contributed by atoms with Crippen LogP contribution in [0.25, 0.3) is 0 Å². The number of nitrogens with one attached hydrogen (secondary N) is 2. The predicted molar refractivity (Wildman–Crippen MR) is 74.3 cm³/mol. The molecule has 20 heavy (non-hydrogen) atoms. The number of nitrogen functional groups attached to an aromatic ring is 1. The van der Waals surface area contributed by atoms with Gasteiger partial charge in [-0.2, -0.15) is 8.42 Å². The van der Waals surface area contributed by atoms with Gasteiger partial charge in [-0.3, -0.25) is 10.6 Å². The molecular weight excluding hydrogens is 307 g/mol. The molecule has 0 radical (unpaired) electrons. The van der Waals surface area contributed by atoms with Gasteiger partial charge in [0, 0.05) is 11.2 Å². The topological polar surface area (TPSA) is 97.1 Å². The summed E-state index contributed by atoms with van der Waals surface area (Å²) in [6, 6.07) is 6.52. The number of halogens is 2. The van der Waals surface area contributed by atoms with Gasteiger partial charge < -0.3 is 5.43 Å². The Balaban J connectivity index is 2.41. The second-order valence-electron chi connectivity index (χ2n) is 3.73. The molecule has 0 bridgehead atoms. The molecule has 0 aliphatic carbocycles. The van der Waals surface area contributed by atoms with E-state index in [0.29, 0.717) is 0 Å². The highest BCUT2D eigenvalue weighted by Crippen LogP contribution is 2.24. The second kappa shape index (κ2) is 5.61. The molecule has 0 unspecified atom stereocenters. The molecule has 2 rings (SSSR count). The van der Waals surface area contributed by atoms with Crippen molar-refractivity contribution in [1.29, 1.82) is 0 Å². The lowest BCUT2D eigenvalue weighted by atomic mass is 10.3. The molecule has 6 nitrogen and oxygen atoms in total. The highest BCUT2D eigenvalue weighted by molar-refractivity contribution is 7.92. The van der Waals surface area contributed by atoms with E-state index in [1.807, 2.05) is 0 Å². The summed E-state index contributed by atoms with van der Waals surface area (Å²) in [5, 5.41) is -0.176. The average molecular weight is 317 g/mol. The molecule has 9 heteroatoms. The zero-order valence-electron chi connectivity index (χ0n) is 9.97. The molecule has 0 saturated heterocycles. The minimum absolute atomic E-state index is 0.0920. The van der Waals surface area contributed by atoms with Crippen LogP contribution in [0.4, 0.5) is 15.8 Å². The summed E-state index contributed by atoms with van der Waals surface area (Å²) in [6.45, 7) is 0. The number of anilines is 2. The lowest BCUT2D eigenvalue weighted by Gasteiger charge is -2.11. The van der Waals surface area contributed by atoms with Crippen LogP contribution in [0.5, 0.6) is 0 Å². The van der Waals surface area contributed by atoms with E-state index in [1.54, 1.807) is 0 Å². The van der Waals surface area contributed by atoms with Gasteiger partial charge in [0.05, 0.1) is 11.4 Å². The Kier molecular flexibility index (Phi) is 4.07. The first-order valence-electron chi connectivity index (χ1n) is 5.33. The van der Waals surface area contributed by atoms with Crippen molar-refractivity contribution in [3.05, 3.63) is 47.4 Å². The van der Waals surface area contributed by atoms with Gasteiger partial charge in [-0.1, -0.05) is 11.6 Å². The number of nitrogens with zero attached hydrogens (tertiary/aromatic N) is 1. The minimum Gasteiger partial charge on any atom is -0.321 e. The van der Waals surface area contributed by atoms with Crippen molar-refractivity contribution < 1.29 is 12.8 Å². The molecule has 106 valence electrons. The fraction of sp³-hybridized carbons (Fsp3) is 0. The third-order valence-corrected chi connectivity index (χ3v) is 3.91. The monoisotopic (exact) mass is 316 g/mol. The molecule has 0 aliphatic heterocycles. The van der Waals surface area contributed by atoms with Crippen molar-refractivity contribution >= 4 is 33.0 Å². The van der Waals surface area contributed by atoms with Gasteiger partial charge in [-0.05, 0) is 30.3 Å². The van der Waals surface area contributed by atoms with E-state index in [9.17, 15) is 12.8 Å². The third kappa shape index (κ3) is 2.98. The summed E-state index contributed by atoms with van der Waals surface area (Å²) in [7, 11) is -4.08. The van der Waals surface area contributed by atoms with Crippen LogP contribution in [0, 0.1) is 5.82 Å². The Morgan fingerprint density at radius 2 is 2.00 bits per heavy atom. The number of aromatic nitrogens is 1. The number of hydrogen-bond acceptors (Lipinski definition) is 5. The Morgan fingerprint density at radius 1 is 1.25 bits per heavy atom. The highest BCUT2D eigenvalue weighted by Gasteiger charge is 2.21. The highest BCUT2D eigenvalue weighted by atomic mass is 35.5. The van der Waals surface area contributed by atoms with Crippen LogP contribution < -0.4 is 16.0 Å². The third-order valence-electron chi connectivity index (χ3n) is 2.36. The first-order valence-corrected chi connectivity index (χ1v) is 7.19. The second-order valence-corrected chi connectivity index (χ2v) is 5.76. The van der Waals surface area contributed by atoms with Crippen LogP contribution in [0.3, 0.4) is 0 Å². The van der Waals surface area contributed by atoms with Crippen LogP contribution in [0.1, 0.15) is 0 Å². The zero-order valence-corrected chi connectivity index (χ0v) is 11.5. The van der Waals surface area contributed by atoms with E-state index in [4.69, 9.17) is 17.4 Å². The minimum atomic E-state index is -4.08. The van der Waals surface area contributed by atoms with Gasteiger partial charge in [-0.15, -0.1) is 0 Å². The molecule has 0 spiro atoms. The zero-order chi connectivity index (χ0) is 14.8. The van der Waals surface area contributed by atoms with Gasteiger partial charge in [-0.25, -0.2) is 9.37 Å². The molecule has 0 amide bonds. The summed E-state index contributed by atoms with van der Waals surface area (Å²) in [5.41, 5.74) is 2.07. The van der Waals surface area contributed by atoms with Crippen molar-refractivity contribution in [2.45, 2.75) is 5.03 Å². The standard InChI is InChI=1S/C11H10ClFN4O2S/c12-7-3-4-9(8(13)6-7)17-20(18,19)11-10(16-14)2-1-5-15-11/h1-6,16-17H,14H2. The summed E-state index contributed by atoms with van der Waals surface area (Å²) < 4.78 is 40.0. The van der Waals surface area contributed by atoms with E-state index < -0.39 is 15.8 Å². The van der Waals surface area contributed by atoms with Gasteiger partial charge in [0.15, 0.2) is 0 Å². The maximum atomic E-state index is 13.6. The molecule has 1 aromatic heterocycles. The lowest BCUT2D eigenvalue weighted by Crippen LogP contribution is -2.19. The molecule has 0 fully saturated rings. The number of pyridine rings is 1. The van der Waals surface area contributed by atoms with Crippen LogP contribution in [-0.2, 0) is 10.0 Å². The molecule has 0 aliphatic rings. The van der Waals surface area contributed by atoms with Crippen LogP contribution in [0.2, 0.25) is 5.02 Å². The van der Waals surface area contributed by atoms with Crippen LogP contribution in [-0.4, -0.2) is 13.4 Å². The Labute approximate surface area is 119 Å². The number of benzene rings is 1. The normalized spacial score (nSPS) is 11.2. The van der Waals surface area contributed by atoms with E-state index in [1.165, 1.54) is 30.5 Å². The maximum Gasteiger partial charge on any atom is 0.281 e. The van der Waals surface area contributed by atoms with Crippen molar-refractivity contribution in [3.8, 4) is 0 Å². The van der Waals surface area contributed by atoms with Crippen molar-refractivity contribution in [2.75, 3.05) is 10.1 Å². The largest absolute Gasteiger partial charge is 0.321 e. The maximum absolute atomic E-state index is 13.6. The number of hydrazine groups is 1. The van der Waals surface area contributed by atoms with Gasteiger partial charge >= 0.3 is 0 Å². The Morgan fingerprint density at radius 3 is 2.65 bits per heavy atom. The summed E-state index contributed by atoms with van der Waals surface area (Å²) in [4.78, 5) is 3.72. The summed E-state index contributed by atoms with van der Waals surface area (Å²) in [6.07, 6.45) is 1.29. The SMILES string of the molecule is NNc1cccnc1S(=O)(=O)Nc1ccc(Cl)cc1F. The number of nitrogens with two attached hydrogens (primary N) is 1. The first-order chi connectivity index (χ1) is 9.44. The first kappa shape index (κ1) is 14.5. The molecular formula is C11H10ClFN4O2S. The van der Waals surface area contributed by atoms with Crippen molar-refractivity contribution in [3.63, 3.8) is 0 Å².